The van der Waals surface area contributed by atoms with Crippen LogP contribution in [0.2, 0.25) is 0 Å². The molecule has 0 amide bonds. The lowest BCUT2D eigenvalue weighted by Gasteiger charge is -2.27. The first kappa shape index (κ1) is 14.0. The molecule has 3 N–H and O–H groups in total. The minimum Gasteiger partial charge on any atom is -0.378 e. The highest BCUT2D eigenvalue weighted by molar-refractivity contribution is 7.89. The predicted molar refractivity (Wildman–Crippen MR) is 78.9 cm³/mol. The van der Waals surface area contributed by atoms with E-state index in [4.69, 9.17) is 5.14 Å². The maximum Gasteiger partial charge on any atom is 0.238 e. The summed E-state index contributed by atoms with van der Waals surface area (Å²) >= 11 is 0. The highest BCUT2D eigenvalue weighted by Crippen LogP contribution is 2.33. The number of anilines is 1. The second-order valence-electron chi connectivity index (χ2n) is 5.12. The molecule has 0 aliphatic carbocycles. The van der Waals surface area contributed by atoms with Crippen LogP contribution in [-0.2, 0) is 16.4 Å². The number of benzene rings is 2. The first-order chi connectivity index (χ1) is 9.95. The topological polar surface area (TPSA) is 72.2 Å². The summed E-state index contributed by atoms with van der Waals surface area (Å²) in [5, 5.41) is 8.37. The Morgan fingerprint density at radius 2 is 1.86 bits per heavy atom. The zero-order valence-electron chi connectivity index (χ0n) is 11.2. The van der Waals surface area contributed by atoms with E-state index in [0.717, 1.165) is 17.7 Å². The molecule has 1 atom stereocenters. The van der Waals surface area contributed by atoms with E-state index in [1.54, 1.807) is 18.2 Å². The molecular weight excluding hydrogens is 291 g/mol. The third kappa shape index (κ3) is 2.77. The third-order valence-electron chi connectivity index (χ3n) is 3.74. The van der Waals surface area contributed by atoms with E-state index in [-0.39, 0.29) is 16.8 Å². The molecule has 6 heteroatoms. The summed E-state index contributed by atoms with van der Waals surface area (Å²) < 4.78 is 36.1. The number of halogens is 1. The van der Waals surface area contributed by atoms with Crippen LogP contribution in [0.25, 0.3) is 0 Å². The molecule has 110 valence electrons. The van der Waals surface area contributed by atoms with Crippen molar-refractivity contribution < 1.29 is 12.8 Å². The smallest absolute Gasteiger partial charge is 0.238 e. The molecule has 0 bridgehead atoms. The maximum atomic E-state index is 13.7. The van der Waals surface area contributed by atoms with Gasteiger partial charge in [-0.1, -0.05) is 18.2 Å². The number of rotatable bonds is 2. The van der Waals surface area contributed by atoms with Crippen LogP contribution in [0.15, 0.2) is 47.4 Å². The van der Waals surface area contributed by atoms with Gasteiger partial charge in [-0.3, -0.25) is 0 Å². The lowest BCUT2D eigenvalue weighted by molar-refractivity contribution is 0.581. The molecule has 3 rings (SSSR count). The second kappa shape index (κ2) is 5.13. The summed E-state index contributed by atoms with van der Waals surface area (Å²) in [5.41, 5.74) is 2.45. The fourth-order valence-electron chi connectivity index (χ4n) is 2.64. The van der Waals surface area contributed by atoms with Crippen molar-refractivity contribution in [3.63, 3.8) is 0 Å². The van der Waals surface area contributed by atoms with Crippen LogP contribution in [0, 0.1) is 5.82 Å². The van der Waals surface area contributed by atoms with Gasteiger partial charge in [-0.25, -0.2) is 17.9 Å². The lowest BCUT2D eigenvalue weighted by Crippen LogP contribution is -2.19. The molecule has 1 aliphatic heterocycles. The maximum absolute atomic E-state index is 13.7. The van der Waals surface area contributed by atoms with Crippen LogP contribution in [0.3, 0.4) is 0 Å². The van der Waals surface area contributed by atoms with Crippen molar-refractivity contribution in [2.75, 3.05) is 5.32 Å². The molecule has 21 heavy (non-hydrogen) atoms. The van der Waals surface area contributed by atoms with Crippen LogP contribution >= 0.6 is 0 Å². The number of hydrogen-bond donors (Lipinski definition) is 2. The molecule has 2 aromatic carbocycles. The summed E-state index contributed by atoms with van der Waals surface area (Å²) in [5.74, 6) is -0.192. The molecule has 0 saturated carbocycles. The van der Waals surface area contributed by atoms with Crippen LogP contribution in [0.1, 0.15) is 23.6 Å². The number of fused-ring (bicyclic) bond motifs is 1. The van der Waals surface area contributed by atoms with E-state index in [0.29, 0.717) is 12.0 Å². The number of nitrogens with two attached hydrogens (primary N) is 1. The molecule has 0 fully saturated rings. The van der Waals surface area contributed by atoms with E-state index < -0.39 is 10.0 Å². The van der Waals surface area contributed by atoms with E-state index in [1.807, 2.05) is 6.07 Å². The Labute approximate surface area is 122 Å². The molecule has 1 heterocycles. The van der Waals surface area contributed by atoms with Gasteiger partial charge in [0.05, 0.1) is 10.9 Å². The standard InChI is InChI=1S/C15H15FN2O2S/c16-13-2-1-3-15-12(13)8-9-14(18-15)10-4-6-11(7-5-10)21(17,19)20/h1-7,14,18H,8-9H2,(H2,17,19,20). The monoisotopic (exact) mass is 306 g/mol. The van der Waals surface area contributed by atoms with Gasteiger partial charge in [0.1, 0.15) is 5.82 Å². The fourth-order valence-corrected chi connectivity index (χ4v) is 3.15. The zero-order chi connectivity index (χ0) is 15.0. The summed E-state index contributed by atoms with van der Waals surface area (Å²) in [7, 11) is -3.67. The normalized spacial score (nSPS) is 17.9. The summed E-state index contributed by atoms with van der Waals surface area (Å²) in [6.07, 6.45) is 1.40. The number of primary sulfonamides is 1. The van der Waals surface area contributed by atoms with Crippen LogP contribution < -0.4 is 10.5 Å². The van der Waals surface area contributed by atoms with Gasteiger partial charge in [0.15, 0.2) is 0 Å². The molecule has 0 spiro atoms. The van der Waals surface area contributed by atoms with Crippen molar-refractivity contribution in [3.8, 4) is 0 Å². The van der Waals surface area contributed by atoms with Gasteiger partial charge >= 0.3 is 0 Å². The van der Waals surface area contributed by atoms with E-state index in [1.165, 1.54) is 18.2 Å². The lowest BCUT2D eigenvalue weighted by atomic mass is 9.93. The molecule has 2 aromatic rings. The van der Waals surface area contributed by atoms with Crippen molar-refractivity contribution >= 4 is 15.7 Å². The average Bonchev–Trinajstić information content (AvgIpc) is 2.46. The Morgan fingerprint density at radius 1 is 1.14 bits per heavy atom. The Hall–Kier alpha value is -1.92. The molecule has 4 nitrogen and oxygen atoms in total. The van der Waals surface area contributed by atoms with Crippen molar-refractivity contribution in [1.82, 2.24) is 0 Å². The van der Waals surface area contributed by atoms with Gasteiger partial charge < -0.3 is 5.32 Å². The number of nitrogens with one attached hydrogen (secondary N) is 1. The van der Waals surface area contributed by atoms with Crippen molar-refractivity contribution in [2.45, 2.75) is 23.8 Å². The Morgan fingerprint density at radius 3 is 2.52 bits per heavy atom. The highest BCUT2D eigenvalue weighted by atomic mass is 32.2. The quantitative estimate of drug-likeness (QED) is 0.895. The van der Waals surface area contributed by atoms with Crippen molar-refractivity contribution in [3.05, 3.63) is 59.4 Å². The SMILES string of the molecule is NS(=O)(=O)c1ccc(C2CCc3c(F)cccc3N2)cc1. The second-order valence-corrected chi connectivity index (χ2v) is 6.68. The van der Waals surface area contributed by atoms with Crippen LogP contribution in [0.4, 0.5) is 10.1 Å². The van der Waals surface area contributed by atoms with Gasteiger partial charge in [0, 0.05) is 11.3 Å². The van der Waals surface area contributed by atoms with Gasteiger partial charge in [-0.2, -0.15) is 0 Å². The molecule has 0 radical (unpaired) electrons. The minimum atomic E-state index is -3.67. The number of sulfonamides is 1. The highest BCUT2D eigenvalue weighted by Gasteiger charge is 2.21. The summed E-state index contributed by atoms with van der Waals surface area (Å²) in [4.78, 5) is 0.0912. The largest absolute Gasteiger partial charge is 0.378 e. The predicted octanol–water partition coefficient (Wildman–Crippen LogP) is 2.57. The fraction of sp³-hybridized carbons (Fsp3) is 0.200. The van der Waals surface area contributed by atoms with Gasteiger partial charge in [-0.05, 0) is 42.7 Å². The van der Waals surface area contributed by atoms with Crippen LogP contribution in [-0.4, -0.2) is 8.42 Å². The first-order valence-electron chi connectivity index (χ1n) is 6.62. The van der Waals surface area contributed by atoms with Gasteiger partial charge in [0.2, 0.25) is 10.0 Å². The van der Waals surface area contributed by atoms with E-state index >= 15 is 0 Å². The molecule has 0 aromatic heterocycles. The molecule has 0 saturated heterocycles. The van der Waals surface area contributed by atoms with Gasteiger partial charge in [0.25, 0.3) is 0 Å². The van der Waals surface area contributed by atoms with Crippen molar-refractivity contribution in [2.24, 2.45) is 5.14 Å². The molecular formula is C15H15FN2O2S. The Balaban J connectivity index is 1.86. The van der Waals surface area contributed by atoms with E-state index in [9.17, 15) is 12.8 Å². The van der Waals surface area contributed by atoms with Crippen molar-refractivity contribution in [1.29, 1.82) is 0 Å². The summed E-state index contributed by atoms with van der Waals surface area (Å²) in [6, 6.07) is 11.5. The molecule has 1 aliphatic rings. The molecule has 1 unspecified atom stereocenters. The Kier molecular flexibility index (Phi) is 3.43. The Bertz CT molecular complexity index is 773. The zero-order valence-corrected chi connectivity index (χ0v) is 12.0. The van der Waals surface area contributed by atoms with Crippen LogP contribution in [0.5, 0.6) is 0 Å². The minimum absolute atomic E-state index is 0.0360. The van der Waals surface area contributed by atoms with E-state index in [2.05, 4.69) is 5.32 Å². The number of hydrogen-bond acceptors (Lipinski definition) is 3. The first-order valence-corrected chi connectivity index (χ1v) is 8.16. The third-order valence-corrected chi connectivity index (χ3v) is 4.67. The van der Waals surface area contributed by atoms with Gasteiger partial charge in [-0.15, -0.1) is 0 Å². The summed E-state index contributed by atoms with van der Waals surface area (Å²) in [6.45, 7) is 0. The average molecular weight is 306 g/mol.